The number of rotatable bonds is 3. The van der Waals surface area contributed by atoms with Crippen LogP contribution < -0.4 is 5.32 Å². The van der Waals surface area contributed by atoms with E-state index in [1.165, 1.54) is 4.88 Å². The predicted octanol–water partition coefficient (Wildman–Crippen LogP) is 0.631. The van der Waals surface area contributed by atoms with Gasteiger partial charge in [0.15, 0.2) is 0 Å². The summed E-state index contributed by atoms with van der Waals surface area (Å²) in [6.07, 6.45) is 1.35. The second-order valence-corrected chi connectivity index (χ2v) is 5.37. The van der Waals surface area contributed by atoms with Crippen LogP contribution in [0.3, 0.4) is 0 Å². The lowest BCUT2D eigenvalue weighted by Crippen LogP contribution is -2.46. The van der Waals surface area contributed by atoms with Gasteiger partial charge in [0.05, 0.1) is 24.1 Å². The average Bonchev–Trinajstić information content (AvgIpc) is 3.07. The Hall–Kier alpha value is -1.74. The van der Waals surface area contributed by atoms with Gasteiger partial charge in [0.1, 0.15) is 0 Å². The lowest BCUT2D eigenvalue weighted by molar-refractivity contribution is -0.183. The lowest BCUT2D eigenvalue weighted by atomic mass is 10.2. The van der Waals surface area contributed by atoms with Crippen LogP contribution in [-0.2, 0) is 24.8 Å². The molecule has 0 radical (unpaired) electrons. The molecule has 0 aliphatic carbocycles. The van der Waals surface area contributed by atoms with Gasteiger partial charge in [-0.1, -0.05) is 6.07 Å². The maximum atomic E-state index is 9.55. The van der Waals surface area contributed by atoms with Gasteiger partial charge in [0.2, 0.25) is 5.79 Å². The first-order valence-electron chi connectivity index (χ1n) is 6.22. The molecule has 21 heavy (non-hydrogen) atoms. The summed E-state index contributed by atoms with van der Waals surface area (Å²) in [5, 5.41) is 21.0. The Bertz CT molecular complexity index is 509. The number of morpholine rings is 1. The van der Waals surface area contributed by atoms with E-state index in [1.807, 2.05) is 6.07 Å². The first-order valence-corrected chi connectivity index (χ1v) is 7.10. The van der Waals surface area contributed by atoms with Gasteiger partial charge in [-0.15, -0.1) is 11.3 Å². The molecule has 0 aromatic carbocycles. The summed E-state index contributed by atoms with van der Waals surface area (Å²) >= 11 is 1.69. The van der Waals surface area contributed by atoms with E-state index in [2.05, 4.69) is 16.8 Å². The molecule has 7 nitrogen and oxygen atoms in total. The van der Waals surface area contributed by atoms with Crippen molar-refractivity contribution in [1.82, 2.24) is 5.32 Å². The summed E-state index contributed by atoms with van der Waals surface area (Å²) in [5.41, 5.74) is 0. The average molecular weight is 313 g/mol. The fourth-order valence-corrected chi connectivity index (χ4v) is 2.83. The lowest BCUT2D eigenvalue weighted by Gasteiger charge is -2.31. The van der Waals surface area contributed by atoms with Gasteiger partial charge in [-0.3, -0.25) is 0 Å². The highest BCUT2D eigenvalue weighted by atomic mass is 32.1. The van der Waals surface area contributed by atoms with Gasteiger partial charge in [-0.05, 0) is 11.4 Å². The van der Waals surface area contributed by atoms with Crippen LogP contribution in [0.15, 0.2) is 29.7 Å². The molecular formula is C13H15NO6S. The van der Waals surface area contributed by atoms with Crippen LogP contribution in [0.5, 0.6) is 0 Å². The van der Waals surface area contributed by atoms with Crippen LogP contribution in [0.4, 0.5) is 0 Å². The van der Waals surface area contributed by atoms with E-state index in [0.29, 0.717) is 18.8 Å². The number of ether oxygens (including phenoxy) is 2. The van der Waals surface area contributed by atoms with Gasteiger partial charge < -0.3 is 25.0 Å². The Morgan fingerprint density at radius 1 is 1.38 bits per heavy atom. The van der Waals surface area contributed by atoms with E-state index in [1.54, 1.807) is 11.3 Å². The van der Waals surface area contributed by atoms with E-state index in [0.717, 1.165) is 13.1 Å². The number of thiophene rings is 1. The van der Waals surface area contributed by atoms with E-state index in [9.17, 15) is 9.59 Å². The second-order valence-electron chi connectivity index (χ2n) is 4.42. The number of carbonyl (C=O) groups is 2. The summed E-state index contributed by atoms with van der Waals surface area (Å²) in [4.78, 5) is 20.3. The number of carboxylic acids is 2. The largest absolute Gasteiger partial charge is 0.478 e. The van der Waals surface area contributed by atoms with Crippen LogP contribution in [0.2, 0.25) is 0 Å². The molecule has 1 aromatic rings. The second kappa shape index (κ2) is 6.81. The van der Waals surface area contributed by atoms with Gasteiger partial charge in [-0.2, -0.15) is 0 Å². The van der Waals surface area contributed by atoms with Crippen molar-refractivity contribution in [3.63, 3.8) is 0 Å². The third-order valence-corrected chi connectivity index (χ3v) is 3.85. The Labute approximate surface area is 124 Å². The Balaban J connectivity index is 0.000000177. The van der Waals surface area contributed by atoms with Crippen molar-refractivity contribution >= 4 is 23.3 Å². The zero-order valence-electron chi connectivity index (χ0n) is 11.0. The van der Waals surface area contributed by atoms with E-state index < -0.39 is 17.7 Å². The first-order chi connectivity index (χ1) is 10.0. The Kier molecular flexibility index (Phi) is 5.07. The van der Waals surface area contributed by atoms with Gasteiger partial charge in [0, 0.05) is 18.7 Å². The standard InChI is InChI=1S/C9H11NO2S.C4H4O4/c1-2-8(13-3-1)9-6-10-4-7(12-9)5-11-9;5-3(6)1-2-4(7)8/h1-3,7,10H,4-6H2;1-2H,(H,5,6)(H,7,8). The molecule has 1 aromatic heterocycles. The van der Waals surface area contributed by atoms with Crippen molar-refractivity contribution in [3.05, 3.63) is 34.5 Å². The number of nitrogens with one attached hydrogen (secondary N) is 1. The molecule has 0 spiro atoms. The molecule has 114 valence electrons. The fraction of sp³-hybridized carbons (Fsp3) is 0.385. The predicted molar refractivity (Wildman–Crippen MR) is 74.1 cm³/mol. The van der Waals surface area contributed by atoms with Crippen molar-refractivity contribution in [2.45, 2.75) is 11.9 Å². The van der Waals surface area contributed by atoms with Crippen LogP contribution in [0, 0.1) is 0 Å². The summed E-state index contributed by atoms with van der Waals surface area (Å²) in [7, 11) is 0. The van der Waals surface area contributed by atoms with Crippen LogP contribution in [0.1, 0.15) is 4.88 Å². The number of aliphatic carboxylic acids is 2. The van der Waals surface area contributed by atoms with Gasteiger partial charge >= 0.3 is 11.9 Å². The number of carboxylic acid groups (broad SMARTS) is 2. The quantitative estimate of drug-likeness (QED) is 0.703. The molecule has 3 N–H and O–H groups in total. The molecular weight excluding hydrogens is 298 g/mol. The van der Waals surface area contributed by atoms with E-state index in [-0.39, 0.29) is 6.10 Å². The monoisotopic (exact) mass is 313 g/mol. The summed E-state index contributed by atoms with van der Waals surface area (Å²) in [6.45, 7) is 2.39. The number of hydrogen-bond donors (Lipinski definition) is 3. The molecule has 2 bridgehead atoms. The third-order valence-electron chi connectivity index (χ3n) is 2.85. The zero-order chi connectivity index (χ0) is 15.3. The fourth-order valence-electron chi connectivity index (χ4n) is 2.01. The molecule has 8 heteroatoms. The highest BCUT2D eigenvalue weighted by Gasteiger charge is 2.46. The van der Waals surface area contributed by atoms with Crippen LogP contribution >= 0.6 is 11.3 Å². The van der Waals surface area contributed by atoms with Gasteiger partial charge in [-0.25, -0.2) is 9.59 Å². The summed E-state index contributed by atoms with van der Waals surface area (Å²) < 4.78 is 11.6. The van der Waals surface area contributed by atoms with Crippen molar-refractivity contribution in [3.8, 4) is 0 Å². The Morgan fingerprint density at radius 3 is 2.67 bits per heavy atom. The molecule has 2 fully saturated rings. The number of fused-ring (bicyclic) bond motifs is 2. The summed E-state index contributed by atoms with van der Waals surface area (Å²) in [5.74, 6) is -2.99. The van der Waals surface area contributed by atoms with Crippen LogP contribution in [-0.4, -0.2) is 48.0 Å². The molecule has 2 saturated heterocycles. The zero-order valence-corrected chi connectivity index (χ0v) is 11.8. The summed E-state index contributed by atoms with van der Waals surface area (Å²) in [6, 6.07) is 4.10. The minimum Gasteiger partial charge on any atom is -0.478 e. The Morgan fingerprint density at radius 2 is 2.10 bits per heavy atom. The topological polar surface area (TPSA) is 105 Å². The highest BCUT2D eigenvalue weighted by Crippen LogP contribution is 2.38. The molecule has 2 unspecified atom stereocenters. The van der Waals surface area contributed by atoms with Crippen molar-refractivity contribution in [2.75, 3.05) is 19.7 Å². The van der Waals surface area contributed by atoms with E-state index in [4.69, 9.17) is 19.7 Å². The highest BCUT2D eigenvalue weighted by molar-refractivity contribution is 7.10. The van der Waals surface area contributed by atoms with Crippen molar-refractivity contribution in [1.29, 1.82) is 0 Å². The molecule has 2 aliphatic rings. The number of hydrogen-bond acceptors (Lipinski definition) is 6. The molecule has 3 heterocycles. The molecule has 2 atom stereocenters. The molecule has 0 saturated carbocycles. The SMILES string of the molecule is O=C(O)C=CC(=O)O.c1csc(C23CNCC(CO2)O3)c1. The normalized spacial score (nSPS) is 27.1. The smallest absolute Gasteiger partial charge is 0.328 e. The van der Waals surface area contributed by atoms with Crippen molar-refractivity contribution < 1.29 is 29.3 Å². The van der Waals surface area contributed by atoms with Gasteiger partial charge in [0.25, 0.3) is 0 Å². The minimum absolute atomic E-state index is 0.232. The minimum atomic E-state index is -1.26. The first kappa shape index (κ1) is 15.6. The molecule has 0 amide bonds. The maximum Gasteiger partial charge on any atom is 0.328 e. The maximum absolute atomic E-state index is 9.55. The molecule has 2 aliphatic heterocycles. The van der Waals surface area contributed by atoms with Crippen molar-refractivity contribution in [2.24, 2.45) is 0 Å². The van der Waals surface area contributed by atoms with Crippen LogP contribution in [0.25, 0.3) is 0 Å². The third kappa shape index (κ3) is 4.11. The molecule has 3 rings (SSSR count). The van der Waals surface area contributed by atoms with E-state index >= 15 is 0 Å².